The van der Waals surface area contributed by atoms with Crippen LogP contribution in [-0.4, -0.2) is 12.6 Å². The number of carbonyl (C=O) groups is 1. The van der Waals surface area contributed by atoms with Gasteiger partial charge in [0.1, 0.15) is 5.75 Å². The van der Waals surface area contributed by atoms with Crippen molar-refractivity contribution in [3.05, 3.63) is 65.2 Å². The summed E-state index contributed by atoms with van der Waals surface area (Å²) in [5.74, 6) is 0.232. The van der Waals surface area contributed by atoms with Crippen molar-refractivity contribution in [1.29, 1.82) is 0 Å². The number of aryl methyl sites for hydroxylation is 1. The third-order valence-electron chi connectivity index (χ3n) is 3.86. The highest BCUT2D eigenvalue weighted by Crippen LogP contribution is 2.19. The highest BCUT2D eigenvalue weighted by molar-refractivity contribution is 5.91. The van der Waals surface area contributed by atoms with Crippen molar-refractivity contribution in [2.24, 2.45) is 0 Å². The first-order chi connectivity index (χ1) is 11.6. The molecular weight excluding hydrogens is 300 g/mol. The van der Waals surface area contributed by atoms with Gasteiger partial charge in [-0.25, -0.2) is 4.79 Å². The second-order valence-corrected chi connectivity index (χ2v) is 5.92. The third kappa shape index (κ3) is 5.20. The van der Waals surface area contributed by atoms with E-state index in [0.29, 0.717) is 11.3 Å². The summed E-state index contributed by atoms with van der Waals surface area (Å²) in [5, 5.41) is 0. The van der Waals surface area contributed by atoms with Gasteiger partial charge in [-0.1, -0.05) is 44.5 Å². The molecule has 0 fully saturated rings. The van der Waals surface area contributed by atoms with E-state index in [9.17, 15) is 4.79 Å². The van der Waals surface area contributed by atoms with E-state index in [1.807, 2.05) is 43.3 Å². The predicted molar refractivity (Wildman–Crippen MR) is 96.5 cm³/mol. The van der Waals surface area contributed by atoms with Crippen LogP contribution in [0, 0.1) is 0 Å². The summed E-state index contributed by atoms with van der Waals surface area (Å²) in [6.45, 7) is 6.98. The Labute approximate surface area is 144 Å². The van der Waals surface area contributed by atoms with Gasteiger partial charge in [-0.2, -0.15) is 0 Å². The standard InChI is InChI=1S/C21H26O3/c1-4-6-17-7-13-20(14-8-17)24-21(22)19-11-9-18(10-12-19)16(3)23-15-5-2/h7-14,16H,4-6,15H2,1-3H3. The fourth-order valence-electron chi connectivity index (χ4n) is 2.46. The minimum atomic E-state index is -0.341. The van der Waals surface area contributed by atoms with Crippen molar-refractivity contribution in [3.63, 3.8) is 0 Å². The average Bonchev–Trinajstić information content (AvgIpc) is 2.61. The van der Waals surface area contributed by atoms with Gasteiger partial charge in [0.05, 0.1) is 11.7 Å². The van der Waals surface area contributed by atoms with Gasteiger partial charge in [0.15, 0.2) is 0 Å². The van der Waals surface area contributed by atoms with Crippen molar-refractivity contribution in [2.45, 2.75) is 46.1 Å². The largest absolute Gasteiger partial charge is 0.423 e. The number of hydrogen-bond donors (Lipinski definition) is 0. The van der Waals surface area contributed by atoms with Crippen molar-refractivity contribution >= 4 is 5.97 Å². The monoisotopic (exact) mass is 326 g/mol. The van der Waals surface area contributed by atoms with Gasteiger partial charge in [-0.15, -0.1) is 0 Å². The molecule has 0 aliphatic carbocycles. The van der Waals surface area contributed by atoms with Crippen LogP contribution in [0.1, 0.15) is 61.2 Å². The fraction of sp³-hybridized carbons (Fsp3) is 0.381. The molecule has 2 rings (SSSR count). The zero-order valence-corrected chi connectivity index (χ0v) is 14.7. The summed E-state index contributed by atoms with van der Waals surface area (Å²) < 4.78 is 11.1. The van der Waals surface area contributed by atoms with Crippen LogP contribution in [0.3, 0.4) is 0 Å². The van der Waals surface area contributed by atoms with Crippen molar-refractivity contribution in [1.82, 2.24) is 0 Å². The molecule has 0 N–H and O–H groups in total. The smallest absolute Gasteiger partial charge is 0.343 e. The highest BCUT2D eigenvalue weighted by Gasteiger charge is 2.11. The fourth-order valence-corrected chi connectivity index (χ4v) is 2.46. The van der Waals surface area contributed by atoms with Gasteiger partial charge in [-0.3, -0.25) is 0 Å². The van der Waals surface area contributed by atoms with Gasteiger partial charge in [-0.05, 0) is 55.2 Å². The van der Waals surface area contributed by atoms with E-state index < -0.39 is 0 Å². The van der Waals surface area contributed by atoms with Crippen LogP contribution < -0.4 is 4.74 Å². The van der Waals surface area contributed by atoms with Crippen LogP contribution >= 0.6 is 0 Å². The molecule has 128 valence electrons. The SMILES string of the molecule is CCCOC(C)c1ccc(C(=O)Oc2ccc(CCC)cc2)cc1. The predicted octanol–water partition coefficient (Wildman–Crippen LogP) is 5.35. The molecule has 3 nitrogen and oxygen atoms in total. The lowest BCUT2D eigenvalue weighted by Gasteiger charge is -2.13. The minimum Gasteiger partial charge on any atom is -0.423 e. The summed E-state index contributed by atoms with van der Waals surface area (Å²) in [7, 11) is 0. The Morgan fingerprint density at radius 3 is 2.21 bits per heavy atom. The van der Waals surface area contributed by atoms with E-state index in [4.69, 9.17) is 9.47 Å². The van der Waals surface area contributed by atoms with Gasteiger partial charge in [0.25, 0.3) is 0 Å². The summed E-state index contributed by atoms with van der Waals surface area (Å²) >= 11 is 0. The molecule has 0 spiro atoms. The number of rotatable bonds is 8. The van der Waals surface area contributed by atoms with Crippen molar-refractivity contribution in [2.75, 3.05) is 6.61 Å². The second kappa shape index (κ2) is 9.24. The van der Waals surface area contributed by atoms with Crippen LogP contribution in [0.4, 0.5) is 0 Å². The third-order valence-corrected chi connectivity index (χ3v) is 3.86. The first-order valence-corrected chi connectivity index (χ1v) is 8.66. The van der Waals surface area contributed by atoms with E-state index in [2.05, 4.69) is 13.8 Å². The van der Waals surface area contributed by atoms with Crippen molar-refractivity contribution < 1.29 is 14.3 Å². The van der Waals surface area contributed by atoms with Crippen LogP contribution in [0.25, 0.3) is 0 Å². The van der Waals surface area contributed by atoms with E-state index >= 15 is 0 Å². The van der Waals surface area contributed by atoms with E-state index in [0.717, 1.165) is 31.4 Å². The molecule has 0 saturated carbocycles. The normalized spacial score (nSPS) is 12.0. The van der Waals surface area contributed by atoms with Gasteiger partial charge >= 0.3 is 5.97 Å². The number of hydrogen-bond acceptors (Lipinski definition) is 3. The molecule has 0 aliphatic heterocycles. The topological polar surface area (TPSA) is 35.5 Å². The van der Waals surface area contributed by atoms with Crippen LogP contribution in [0.15, 0.2) is 48.5 Å². The molecule has 0 aromatic heterocycles. The Hall–Kier alpha value is -2.13. The lowest BCUT2D eigenvalue weighted by atomic mass is 10.1. The quantitative estimate of drug-likeness (QED) is 0.485. The van der Waals surface area contributed by atoms with E-state index in [1.165, 1.54) is 5.56 Å². The molecule has 0 heterocycles. The van der Waals surface area contributed by atoms with Crippen LogP contribution in [-0.2, 0) is 11.2 Å². The zero-order chi connectivity index (χ0) is 17.4. The molecule has 0 aliphatic rings. The number of carbonyl (C=O) groups excluding carboxylic acids is 1. The molecule has 24 heavy (non-hydrogen) atoms. The number of ether oxygens (including phenoxy) is 2. The summed E-state index contributed by atoms with van der Waals surface area (Å²) in [4.78, 5) is 12.2. The Morgan fingerprint density at radius 1 is 0.958 bits per heavy atom. The maximum Gasteiger partial charge on any atom is 0.343 e. The minimum absolute atomic E-state index is 0.0288. The first kappa shape index (κ1) is 18.2. The molecule has 0 amide bonds. The second-order valence-electron chi connectivity index (χ2n) is 5.92. The molecule has 0 saturated heterocycles. The Balaban J connectivity index is 1.96. The Bertz CT molecular complexity index is 629. The summed E-state index contributed by atoms with van der Waals surface area (Å²) in [6, 6.07) is 15.1. The van der Waals surface area contributed by atoms with Crippen LogP contribution in [0.5, 0.6) is 5.75 Å². The maximum absolute atomic E-state index is 12.2. The zero-order valence-electron chi connectivity index (χ0n) is 14.7. The summed E-state index contributed by atoms with van der Waals surface area (Å²) in [6.07, 6.45) is 3.16. The van der Waals surface area contributed by atoms with Gasteiger partial charge < -0.3 is 9.47 Å². The highest BCUT2D eigenvalue weighted by atomic mass is 16.5. The molecule has 2 aromatic carbocycles. The Kier molecular flexibility index (Phi) is 7.01. The molecular formula is C21H26O3. The van der Waals surface area contributed by atoms with Crippen LogP contribution in [0.2, 0.25) is 0 Å². The number of esters is 1. The maximum atomic E-state index is 12.2. The molecule has 1 unspecified atom stereocenters. The molecule has 3 heteroatoms. The lowest BCUT2D eigenvalue weighted by Crippen LogP contribution is -2.09. The number of benzene rings is 2. The molecule has 1 atom stereocenters. The van der Waals surface area contributed by atoms with Gasteiger partial charge in [0, 0.05) is 6.61 Å². The first-order valence-electron chi connectivity index (χ1n) is 8.66. The average molecular weight is 326 g/mol. The Morgan fingerprint density at radius 2 is 1.62 bits per heavy atom. The molecule has 2 aromatic rings. The van der Waals surface area contributed by atoms with Gasteiger partial charge in [0.2, 0.25) is 0 Å². The summed E-state index contributed by atoms with van der Waals surface area (Å²) in [5.41, 5.74) is 2.85. The van der Waals surface area contributed by atoms with Crippen molar-refractivity contribution in [3.8, 4) is 5.75 Å². The van der Waals surface area contributed by atoms with E-state index in [1.54, 1.807) is 12.1 Å². The molecule has 0 bridgehead atoms. The molecule has 0 radical (unpaired) electrons. The lowest BCUT2D eigenvalue weighted by molar-refractivity contribution is 0.0660. The van der Waals surface area contributed by atoms with E-state index in [-0.39, 0.29) is 12.1 Å².